The molecule has 0 saturated heterocycles. The van der Waals surface area contributed by atoms with Crippen LogP contribution in [-0.2, 0) is 6.42 Å². The molecule has 1 saturated carbocycles. The van der Waals surface area contributed by atoms with Gasteiger partial charge in [-0.25, -0.2) is 0 Å². The van der Waals surface area contributed by atoms with Crippen LogP contribution in [0.15, 0.2) is 22.8 Å². The maximum absolute atomic E-state index is 4.52. The van der Waals surface area contributed by atoms with Crippen LogP contribution in [0, 0.1) is 0 Å². The highest BCUT2D eigenvalue weighted by Crippen LogP contribution is 2.37. The lowest BCUT2D eigenvalue weighted by Crippen LogP contribution is -2.57. The minimum atomic E-state index is 0.281. The van der Waals surface area contributed by atoms with E-state index in [0.29, 0.717) is 6.04 Å². The van der Waals surface area contributed by atoms with E-state index in [9.17, 15) is 0 Å². The van der Waals surface area contributed by atoms with Gasteiger partial charge in [0.1, 0.15) is 0 Å². The Morgan fingerprint density at radius 3 is 2.53 bits per heavy atom. The first-order valence-corrected chi connectivity index (χ1v) is 7.83. The molecule has 1 aliphatic carbocycles. The van der Waals surface area contributed by atoms with Crippen LogP contribution in [0.5, 0.6) is 0 Å². The van der Waals surface area contributed by atoms with E-state index in [4.69, 9.17) is 0 Å². The normalized spacial score (nSPS) is 19.8. The molecule has 1 fully saturated rings. The van der Waals surface area contributed by atoms with Crippen LogP contribution in [0.4, 0.5) is 0 Å². The van der Waals surface area contributed by atoms with Gasteiger partial charge >= 0.3 is 0 Å². The molecule has 0 bridgehead atoms. The van der Waals surface area contributed by atoms with Crippen LogP contribution in [0.1, 0.15) is 31.4 Å². The summed E-state index contributed by atoms with van der Waals surface area (Å²) in [5.41, 5.74) is 1.44. The van der Waals surface area contributed by atoms with Gasteiger partial charge in [-0.05, 0) is 62.0 Å². The van der Waals surface area contributed by atoms with E-state index in [2.05, 4.69) is 64.4 Å². The molecule has 1 unspecified atom stereocenters. The Kier molecular flexibility index (Phi) is 4.98. The molecule has 0 aromatic carbocycles. The summed E-state index contributed by atoms with van der Waals surface area (Å²) < 4.78 is 1.04. The predicted molar refractivity (Wildman–Crippen MR) is 83.4 cm³/mol. The minimum absolute atomic E-state index is 0.281. The first kappa shape index (κ1) is 14.9. The molecule has 0 radical (unpaired) electrons. The van der Waals surface area contributed by atoms with Gasteiger partial charge in [0.25, 0.3) is 0 Å². The summed E-state index contributed by atoms with van der Waals surface area (Å²) in [6, 6.07) is 4.65. The maximum atomic E-state index is 4.52. The monoisotopic (exact) mass is 325 g/mol. The van der Waals surface area contributed by atoms with Gasteiger partial charge in [0.05, 0.1) is 0 Å². The first-order chi connectivity index (χ1) is 9.08. The van der Waals surface area contributed by atoms with Crippen molar-refractivity contribution < 1.29 is 0 Å². The summed E-state index contributed by atoms with van der Waals surface area (Å²) in [5.74, 6) is 0. The van der Waals surface area contributed by atoms with Crippen molar-refractivity contribution in [3.63, 3.8) is 0 Å². The number of nitrogens with one attached hydrogen (secondary N) is 1. The second-order valence-electron chi connectivity index (χ2n) is 5.72. The molecule has 1 atom stereocenters. The van der Waals surface area contributed by atoms with Crippen molar-refractivity contribution in [1.82, 2.24) is 15.2 Å². The topological polar surface area (TPSA) is 28.2 Å². The van der Waals surface area contributed by atoms with Gasteiger partial charge in [-0.1, -0.05) is 12.8 Å². The molecular formula is C15H24BrN3. The lowest BCUT2D eigenvalue weighted by Gasteiger charge is -2.43. The van der Waals surface area contributed by atoms with Gasteiger partial charge in [-0.2, -0.15) is 0 Å². The number of halogens is 1. The molecule has 1 aromatic rings. The number of nitrogens with zero attached hydrogens (tertiary/aromatic N) is 2. The fraction of sp³-hybridized carbons (Fsp3) is 0.667. The van der Waals surface area contributed by atoms with E-state index in [1.807, 2.05) is 6.20 Å². The van der Waals surface area contributed by atoms with Gasteiger partial charge in [-0.3, -0.25) is 4.98 Å². The third-order valence-corrected chi connectivity index (χ3v) is 5.03. The van der Waals surface area contributed by atoms with E-state index in [-0.39, 0.29) is 5.54 Å². The fourth-order valence-electron chi connectivity index (χ4n) is 3.39. The van der Waals surface area contributed by atoms with Gasteiger partial charge in [0.2, 0.25) is 0 Å². The zero-order valence-electron chi connectivity index (χ0n) is 12.1. The highest BCUT2D eigenvalue weighted by Gasteiger charge is 2.42. The van der Waals surface area contributed by atoms with E-state index in [1.165, 1.54) is 25.7 Å². The van der Waals surface area contributed by atoms with E-state index in [1.54, 1.807) is 0 Å². The average Bonchev–Trinajstić information content (AvgIpc) is 2.88. The standard InChI is InChI=1S/C15H24BrN3/c1-17-14(10-13-7-6-12(16)11-18-13)15(19(2)3)8-4-5-9-15/h6-7,11,14,17H,4-5,8-10H2,1-3H3. The molecule has 19 heavy (non-hydrogen) atoms. The Labute approximate surface area is 124 Å². The van der Waals surface area contributed by atoms with Gasteiger partial charge in [-0.15, -0.1) is 0 Å². The second-order valence-corrected chi connectivity index (χ2v) is 6.63. The highest BCUT2D eigenvalue weighted by molar-refractivity contribution is 9.10. The van der Waals surface area contributed by atoms with Crippen LogP contribution in [-0.4, -0.2) is 42.6 Å². The predicted octanol–water partition coefficient (Wildman–Crippen LogP) is 2.85. The molecule has 1 aromatic heterocycles. The summed E-state index contributed by atoms with van der Waals surface area (Å²) in [6.07, 6.45) is 8.11. The third-order valence-electron chi connectivity index (χ3n) is 4.56. The largest absolute Gasteiger partial charge is 0.315 e. The lowest BCUT2D eigenvalue weighted by atomic mass is 9.84. The Hall–Kier alpha value is -0.450. The van der Waals surface area contributed by atoms with Crippen LogP contribution >= 0.6 is 15.9 Å². The maximum Gasteiger partial charge on any atom is 0.0420 e. The summed E-state index contributed by atoms with van der Waals surface area (Å²) >= 11 is 3.44. The van der Waals surface area contributed by atoms with Gasteiger partial charge < -0.3 is 10.2 Å². The summed E-state index contributed by atoms with van der Waals surface area (Å²) in [4.78, 5) is 6.94. The van der Waals surface area contributed by atoms with Crippen molar-refractivity contribution >= 4 is 15.9 Å². The van der Waals surface area contributed by atoms with Gasteiger partial charge in [0, 0.05) is 34.4 Å². The summed E-state index contributed by atoms with van der Waals surface area (Å²) in [5, 5.41) is 3.54. The minimum Gasteiger partial charge on any atom is -0.315 e. The van der Waals surface area contributed by atoms with Crippen molar-refractivity contribution in [3.8, 4) is 0 Å². The van der Waals surface area contributed by atoms with Crippen molar-refractivity contribution in [2.24, 2.45) is 0 Å². The highest BCUT2D eigenvalue weighted by atomic mass is 79.9. The molecule has 1 heterocycles. The van der Waals surface area contributed by atoms with E-state index >= 15 is 0 Å². The molecule has 106 valence electrons. The SMILES string of the molecule is CNC(Cc1ccc(Br)cn1)C1(N(C)C)CCCC1. The molecular weight excluding hydrogens is 302 g/mol. The quantitative estimate of drug-likeness (QED) is 0.902. The van der Waals surface area contributed by atoms with Crippen LogP contribution < -0.4 is 5.32 Å². The van der Waals surface area contributed by atoms with Crippen molar-refractivity contribution in [3.05, 3.63) is 28.5 Å². The number of rotatable bonds is 5. The van der Waals surface area contributed by atoms with Crippen LogP contribution in [0.25, 0.3) is 0 Å². The Bertz CT molecular complexity index is 396. The molecule has 0 aliphatic heterocycles. The molecule has 0 amide bonds. The van der Waals surface area contributed by atoms with Crippen LogP contribution in [0.2, 0.25) is 0 Å². The average molecular weight is 326 g/mol. The second kappa shape index (κ2) is 6.33. The van der Waals surface area contributed by atoms with Gasteiger partial charge in [0.15, 0.2) is 0 Å². The molecule has 1 aliphatic rings. The zero-order chi connectivity index (χ0) is 13.9. The van der Waals surface area contributed by atoms with Crippen LogP contribution in [0.3, 0.4) is 0 Å². The fourth-order valence-corrected chi connectivity index (χ4v) is 3.63. The number of likely N-dealkylation sites (N-methyl/N-ethyl adjacent to an activating group) is 2. The molecule has 4 heteroatoms. The number of pyridine rings is 1. The summed E-state index contributed by atoms with van der Waals surface area (Å²) in [7, 11) is 6.50. The molecule has 1 N–H and O–H groups in total. The molecule has 0 spiro atoms. The van der Waals surface area contributed by atoms with Crippen molar-refractivity contribution in [1.29, 1.82) is 0 Å². The summed E-state index contributed by atoms with van der Waals surface area (Å²) in [6.45, 7) is 0. The van der Waals surface area contributed by atoms with E-state index in [0.717, 1.165) is 16.6 Å². The Morgan fingerprint density at radius 2 is 2.05 bits per heavy atom. The third kappa shape index (κ3) is 3.18. The smallest absolute Gasteiger partial charge is 0.0420 e. The Morgan fingerprint density at radius 1 is 1.37 bits per heavy atom. The number of aromatic nitrogens is 1. The van der Waals surface area contributed by atoms with Crippen molar-refractivity contribution in [2.75, 3.05) is 21.1 Å². The number of hydrogen-bond acceptors (Lipinski definition) is 3. The number of hydrogen-bond donors (Lipinski definition) is 1. The molecule has 2 rings (SSSR count). The Balaban J connectivity index is 2.16. The zero-order valence-corrected chi connectivity index (χ0v) is 13.7. The molecule has 3 nitrogen and oxygen atoms in total. The lowest BCUT2D eigenvalue weighted by molar-refractivity contribution is 0.108. The van der Waals surface area contributed by atoms with Crippen molar-refractivity contribution in [2.45, 2.75) is 43.7 Å². The van der Waals surface area contributed by atoms with E-state index < -0.39 is 0 Å². The first-order valence-electron chi connectivity index (χ1n) is 7.03.